The third-order valence-corrected chi connectivity index (χ3v) is 6.85. The van der Waals surface area contributed by atoms with E-state index in [9.17, 15) is 18.0 Å². The van der Waals surface area contributed by atoms with Crippen molar-refractivity contribution in [3.63, 3.8) is 0 Å². The Labute approximate surface area is 180 Å². The molecule has 1 amide bonds. The molecule has 1 saturated carbocycles. The van der Waals surface area contributed by atoms with Gasteiger partial charge in [-0.15, -0.1) is 0 Å². The second-order valence-corrected chi connectivity index (χ2v) is 9.21. The average Bonchev–Trinajstić information content (AvgIpc) is 3.42. The van der Waals surface area contributed by atoms with Crippen LogP contribution >= 0.6 is 0 Å². The van der Waals surface area contributed by atoms with E-state index in [4.69, 9.17) is 19.4 Å². The molecule has 0 spiro atoms. The molecule has 3 heterocycles. The maximum absolute atomic E-state index is 12.6. The van der Waals surface area contributed by atoms with E-state index >= 15 is 0 Å². The third-order valence-electron chi connectivity index (χ3n) is 6.85. The Balaban J connectivity index is 0.000000339. The number of carbonyl (C=O) groups excluding carboxylic acids is 1. The lowest BCUT2D eigenvalue weighted by Crippen LogP contribution is -2.45. The molecule has 31 heavy (non-hydrogen) atoms. The summed E-state index contributed by atoms with van der Waals surface area (Å²) in [5.74, 6) is -2.06. The molecule has 10 heteroatoms. The van der Waals surface area contributed by atoms with Gasteiger partial charge < -0.3 is 24.4 Å². The summed E-state index contributed by atoms with van der Waals surface area (Å²) in [6.45, 7) is 7.17. The highest BCUT2D eigenvalue weighted by molar-refractivity contribution is 5.78. The minimum atomic E-state index is -5.08. The van der Waals surface area contributed by atoms with Gasteiger partial charge in [0.05, 0.1) is 19.3 Å². The van der Waals surface area contributed by atoms with Gasteiger partial charge in [-0.1, -0.05) is 19.3 Å². The van der Waals surface area contributed by atoms with Gasteiger partial charge in [-0.2, -0.15) is 13.2 Å². The number of fused-ring (bicyclic) bond motifs is 1. The van der Waals surface area contributed by atoms with Crippen LogP contribution in [0.25, 0.3) is 0 Å². The first-order chi connectivity index (χ1) is 14.7. The van der Waals surface area contributed by atoms with Gasteiger partial charge in [0.2, 0.25) is 5.91 Å². The maximum atomic E-state index is 12.6. The minimum absolute atomic E-state index is 0.167. The van der Waals surface area contributed by atoms with Crippen LogP contribution in [0.15, 0.2) is 0 Å². The predicted octanol–water partition coefficient (Wildman–Crippen LogP) is 2.54. The molecule has 1 N–H and O–H groups in total. The van der Waals surface area contributed by atoms with Crippen LogP contribution in [0.3, 0.4) is 0 Å². The molecule has 2 atom stereocenters. The number of likely N-dealkylation sites (tertiary alicyclic amines) is 2. The standard InChI is InChI=1S/C19H32N2O3.C2HF3O2/c22-18(12-24-17-6-2-3-7-17)21-10-16-11-23-15-19(16,14-21)13-20-8-4-1-5-9-20;3-2(4,5)1(6)7/h16-17H,1-15H2;(H,6,7)/t16-,19+;/m1./s1. The van der Waals surface area contributed by atoms with Crippen molar-refractivity contribution in [3.8, 4) is 0 Å². The Hall–Kier alpha value is -1.39. The van der Waals surface area contributed by atoms with Crippen molar-refractivity contribution in [1.29, 1.82) is 0 Å². The fraction of sp³-hybridized carbons (Fsp3) is 0.905. The van der Waals surface area contributed by atoms with Gasteiger partial charge in [0, 0.05) is 31.0 Å². The zero-order chi connectivity index (χ0) is 22.5. The van der Waals surface area contributed by atoms with Crippen molar-refractivity contribution in [1.82, 2.24) is 9.80 Å². The quantitative estimate of drug-likeness (QED) is 0.694. The summed E-state index contributed by atoms with van der Waals surface area (Å²) in [7, 11) is 0. The van der Waals surface area contributed by atoms with Gasteiger partial charge in [-0.25, -0.2) is 4.79 Å². The Morgan fingerprint density at radius 3 is 2.35 bits per heavy atom. The molecule has 3 aliphatic heterocycles. The summed E-state index contributed by atoms with van der Waals surface area (Å²) < 4.78 is 43.4. The van der Waals surface area contributed by atoms with Crippen molar-refractivity contribution in [2.45, 2.75) is 57.2 Å². The van der Waals surface area contributed by atoms with E-state index in [1.54, 1.807) is 0 Å². The number of carboxylic acids is 1. The number of piperidine rings is 1. The van der Waals surface area contributed by atoms with Gasteiger partial charge in [-0.3, -0.25) is 4.79 Å². The number of nitrogens with zero attached hydrogens (tertiary/aromatic N) is 2. The molecule has 0 aromatic carbocycles. The summed E-state index contributed by atoms with van der Waals surface area (Å²) in [6, 6.07) is 0. The fourth-order valence-electron chi connectivity index (χ4n) is 5.14. The van der Waals surface area contributed by atoms with Crippen LogP contribution in [0.4, 0.5) is 13.2 Å². The van der Waals surface area contributed by atoms with E-state index < -0.39 is 12.1 Å². The number of hydrogen-bond acceptors (Lipinski definition) is 5. The first-order valence-electron chi connectivity index (χ1n) is 11.2. The number of carbonyl (C=O) groups is 2. The number of alkyl halides is 3. The summed E-state index contributed by atoms with van der Waals surface area (Å²) in [6.07, 6.45) is 4.00. The highest BCUT2D eigenvalue weighted by Gasteiger charge is 2.52. The van der Waals surface area contributed by atoms with Crippen molar-refractivity contribution >= 4 is 11.9 Å². The molecule has 4 rings (SSSR count). The SMILES string of the molecule is O=C(COC1CCCC1)N1C[C@@H]2COC[C@]2(CN2CCCCC2)C1.O=C(O)C(F)(F)F. The molecule has 0 bridgehead atoms. The predicted molar refractivity (Wildman–Crippen MR) is 106 cm³/mol. The second-order valence-electron chi connectivity index (χ2n) is 9.21. The number of amides is 1. The third kappa shape index (κ3) is 6.55. The molecule has 4 aliphatic rings. The topological polar surface area (TPSA) is 79.3 Å². The van der Waals surface area contributed by atoms with Crippen LogP contribution in [0.5, 0.6) is 0 Å². The van der Waals surface area contributed by atoms with Crippen molar-refractivity contribution in [3.05, 3.63) is 0 Å². The fourth-order valence-corrected chi connectivity index (χ4v) is 5.14. The van der Waals surface area contributed by atoms with Gasteiger partial charge >= 0.3 is 12.1 Å². The highest BCUT2D eigenvalue weighted by Crippen LogP contribution is 2.42. The molecule has 0 radical (unpaired) electrons. The van der Waals surface area contributed by atoms with E-state index in [-0.39, 0.29) is 17.9 Å². The Kier molecular flexibility index (Phi) is 8.20. The van der Waals surface area contributed by atoms with E-state index in [0.717, 1.165) is 45.7 Å². The van der Waals surface area contributed by atoms with Crippen LogP contribution in [0.2, 0.25) is 0 Å². The number of hydrogen-bond donors (Lipinski definition) is 1. The van der Waals surface area contributed by atoms with Crippen molar-refractivity contribution in [2.75, 3.05) is 52.5 Å². The Morgan fingerprint density at radius 1 is 1.10 bits per heavy atom. The largest absolute Gasteiger partial charge is 0.490 e. The molecule has 0 unspecified atom stereocenters. The molecule has 0 aromatic rings. The molecule has 4 fully saturated rings. The highest BCUT2D eigenvalue weighted by atomic mass is 19.4. The first-order valence-corrected chi connectivity index (χ1v) is 11.2. The minimum Gasteiger partial charge on any atom is -0.475 e. The number of halogens is 3. The Bertz CT molecular complexity index is 621. The number of aliphatic carboxylic acids is 1. The van der Waals surface area contributed by atoms with E-state index in [2.05, 4.69) is 9.80 Å². The lowest BCUT2D eigenvalue weighted by atomic mass is 9.80. The monoisotopic (exact) mass is 450 g/mol. The summed E-state index contributed by atoms with van der Waals surface area (Å²) in [4.78, 5) is 26.2. The zero-order valence-corrected chi connectivity index (χ0v) is 17.9. The molecule has 1 aliphatic carbocycles. The normalized spacial score (nSPS) is 29.5. The zero-order valence-electron chi connectivity index (χ0n) is 17.9. The van der Waals surface area contributed by atoms with Crippen molar-refractivity contribution < 1.29 is 37.3 Å². The van der Waals surface area contributed by atoms with Crippen LogP contribution in [0, 0.1) is 11.3 Å². The van der Waals surface area contributed by atoms with Crippen LogP contribution in [-0.2, 0) is 19.1 Å². The van der Waals surface area contributed by atoms with Gasteiger partial charge in [0.15, 0.2) is 0 Å². The summed E-state index contributed by atoms with van der Waals surface area (Å²) in [5, 5.41) is 7.12. The lowest BCUT2D eigenvalue weighted by Gasteiger charge is -2.36. The second kappa shape index (κ2) is 10.5. The molecular weight excluding hydrogens is 417 g/mol. The maximum Gasteiger partial charge on any atom is 0.490 e. The summed E-state index contributed by atoms with van der Waals surface area (Å²) in [5.41, 5.74) is 0.167. The molecule has 3 saturated heterocycles. The van der Waals surface area contributed by atoms with Crippen molar-refractivity contribution in [2.24, 2.45) is 11.3 Å². The van der Waals surface area contributed by atoms with E-state index in [1.807, 2.05) is 0 Å². The molecule has 178 valence electrons. The van der Waals surface area contributed by atoms with E-state index in [0.29, 0.717) is 12.0 Å². The van der Waals surface area contributed by atoms with Gasteiger partial charge in [-0.05, 0) is 38.8 Å². The van der Waals surface area contributed by atoms with E-state index in [1.165, 1.54) is 45.2 Å². The lowest BCUT2D eigenvalue weighted by molar-refractivity contribution is -0.192. The van der Waals surface area contributed by atoms with Crippen LogP contribution < -0.4 is 0 Å². The molecule has 7 nitrogen and oxygen atoms in total. The molecule has 0 aromatic heterocycles. The van der Waals surface area contributed by atoms with Gasteiger partial charge in [0.1, 0.15) is 6.61 Å². The number of rotatable bonds is 5. The first kappa shape index (κ1) is 24.3. The Morgan fingerprint density at radius 2 is 1.74 bits per heavy atom. The summed E-state index contributed by atoms with van der Waals surface area (Å²) >= 11 is 0. The average molecular weight is 450 g/mol. The number of ether oxygens (including phenoxy) is 2. The molecular formula is C21H33F3N2O5. The smallest absolute Gasteiger partial charge is 0.475 e. The van der Waals surface area contributed by atoms with Crippen LogP contribution in [-0.4, -0.2) is 91.6 Å². The van der Waals surface area contributed by atoms with Crippen LogP contribution in [0.1, 0.15) is 44.9 Å². The number of carboxylic acid groups (broad SMARTS) is 1. The van der Waals surface area contributed by atoms with Gasteiger partial charge in [0.25, 0.3) is 0 Å².